The molecule has 5 nitrogen and oxygen atoms in total. The Kier molecular flexibility index (Phi) is 27.5. The number of unbranched alkanes of at least 4 members (excludes halogenated alkanes) is 22. The summed E-state index contributed by atoms with van der Waals surface area (Å²) >= 11 is 0. The maximum atomic E-state index is 11.9. The average Bonchev–Trinajstić information content (AvgIpc) is 3.44. The summed E-state index contributed by atoms with van der Waals surface area (Å²) in [6, 6.07) is -0.135. The first-order valence-electron chi connectivity index (χ1n) is 18.4. The molecule has 0 aromatic carbocycles. The Balaban J connectivity index is 2.11. The van der Waals surface area contributed by atoms with Crippen molar-refractivity contribution in [1.29, 1.82) is 0 Å². The van der Waals surface area contributed by atoms with Gasteiger partial charge in [0.25, 0.3) is 0 Å². The van der Waals surface area contributed by atoms with E-state index in [1.165, 1.54) is 141 Å². The molecule has 1 saturated heterocycles. The lowest BCUT2D eigenvalue weighted by Gasteiger charge is -2.27. The van der Waals surface area contributed by atoms with Crippen LogP contribution in [-0.4, -0.2) is 55.9 Å². The van der Waals surface area contributed by atoms with Gasteiger partial charge in [-0.1, -0.05) is 155 Å². The van der Waals surface area contributed by atoms with Gasteiger partial charge >= 0.3 is 0 Å². The number of carbonyl (C=O) groups excluding carboxylic acids is 1. The van der Waals surface area contributed by atoms with E-state index >= 15 is 0 Å². The van der Waals surface area contributed by atoms with Crippen molar-refractivity contribution in [3.05, 3.63) is 0 Å². The van der Waals surface area contributed by atoms with Crippen molar-refractivity contribution < 1.29 is 14.3 Å². The molecule has 1 amide bonds. The molecule has 2 atom stereocenters. The van der Waals surface area contributed by atoms with Crippen molar-refractivity contribution in [3.8, 4) is 0 Å². The van der Waals surface area contributed by atoms with Crippen molar-refractivity contribution in [1.82, 2.24) is 4.90 Å². The number of amides is 1. The van der Waals surface area contributed by atoms with Crippen molar-refractivity contribution in [2.75, 3.05) is 32.9 Å². The largest absolute Gasteiger partial charge is 0.379 e. The second-order valence-corrected chi connectivity index (χ2v) is 12.9. The molecular formula is C36H72N2O3. The number of hydrogen-bond donors (Lipinski definition) is 1. The Morgan fingerprint density at radius 1 is 0.659 bits per heavy atom. The molecule has 244 valence electrons. The highest BCUT2D eigenvalue weighted by Gasteiger charge is 2.30. The molecule has 5 heteroatoms. The minimum Gasteiger partial charge on any atom is -0.379 e. The van der Waals surface area contributed by atoms with Gasteiger partial charge in [0.05, 0.1) is 18.8 Å². The van der Waals surface area contributed by atoms with Gasteiger partial charge in [-0.25, -0.2) is 0 Å². The van der Waals surface area contributed by atoms with E-state index in [9.17, 15) is 4.79 Å². The molecule has 2 N–H and O–H groups in total. The van der Waals surface area contributed by atoms with Crippen LogP contribution in [0.1, 0.15) is 181 Å². The van der Waals surface area contributed by atoms with Crippen LogP contribution in [0.3, 0.4) is 0 Å². The normalized spacial score (nSPS) is 16.5. The number of nitrogens with two attached hydrogens (primary N) is 1. The molecule has 0 radical (unpaired) electrons. The molecule has 0 bridgehead atoms. The molecule has 41 heavy (non-hydrogen) atoms. The topological polar surface area (TPSA) is 64.8 Å². The first-order chi connectivity index (χ1) is 20.2. The smallest absolute Gasteiger partial charge is 0.234 e. The van der Waals surface area contributed by atoms with Crippen LogP contribution in [0.15, 0.2) is 0 Å². The summed E-state index contributed by atoms with van der Waals surface area (Å²) in [6.45, 7) is 8.49. The SMILES string of the molecule is CCCCCCCCCCCCCCOCC(CN1CCC[C@@H]1C(N)=O)OCCCCCCCCCCCCCC. The number of rotatable bonds is 32. The van der Waals surface area contributed by atoms with Gasteiger partial charge in [-0.2, -0.15) is 0 Å². The number of hydrogen-bond acceptors (Lipinski definition) is 4. The van der Waals surface area contributed by atoms with Crippen LogP contribution in [0, 0.1) is 0 Å². The van der Waals surface area contributed by atoms with E-state index in [1.54, 1.807) is 0 Å². The summed E-state index contributed by atoms with van der Waals surface area (Å²) in [5.41, 5.74) is 5.67. The van der Waals surface area contributed by atoms with Gasteiger partial charge in [0, 0.05) is 19.8 Å². The molecule has 0 aliphatic carbocycles. The summed E-state index contributed by atoms with van der Waals surface area (Å²) in [4.78, 5) is 14.1. The zero-order chi connectivity index (χ0) is 29.6. The third-order valence-electron chi connectivity index (χ3n) is 8.93. The van der Waals surface area contributed by atoms with Gasteiger partial charge < -0.3 is 15.2 Å². The summed E-state index contributed by atoms with van der Waals surface area (Å²) in [7, 11) is 0. The lowest BCUT2D eigenvalue weighted by Crippen LogP contribution is -2.45. The monoisotopic (exact) mass is 581 g/mol. The summed E-state index contributed by atoms with van der Waals surface area (Å²) < 4.78 is 12.4. The predicted molar refractivity (Wildman–Crippen MR) is 177 cm³/mol. The van der Waals surface area contributed by atoms with Crippen molar-refractivity contribution in [2.24, 2.45) is 5.73 Å². The quantitative estimate of drug-likeness (QED) is 0.0804. The lowest BCUT2D eigenvalue weighted by molar-refractivity contribution is -0.123. The van der Waals surface area contributed by atoms with Gasteiger partial charge in [-0.15, -0.1) is 0 Å². The van der Waals surface area contributed by atoms with E-state index in [2.05, 4.69) is 18.7 Å². The zero-order valence-electron chi connectivity index (χ0n) is 27.8. The van der Waals surface area contributed by atoms with Crippen LogP contribution in [0.4, 0.5) is 0 Å². The third kappa shape index (κ3) is 23.5. The molecule has 0 aromatic heterocycles. The maximum absolute atomic E-state index is 11.9. The van der Waals surface area contributed by atoms with Gasteiger partial charge in [0.15, 0.2) is 0 Å². The fourth-order valence-corrected chi connectivity index (χ4v) is 6.23. The highest BCUT2D eigenvalue weighted by Crippen LogP contribution is 2.19. The Labute approximate surface area is 256 Å². The van der Waals surface area contributed by atoms with E-state index < -0.39 is 0 Å². The molecule has 1 rings (SSSR count). The highest BCUT2D eigenvalue weighted by molar-refractivity contribution is 5.80. The Bertz CT molecular complexity index is 559. The molecular weight excluding hydrogens is 508 g/mol. The fraction of sp³-hybridized carbons (Fsp3) is 0.972. The van der Waals surface area contributed by atoms with Crippen LogP contribution < -0.4 is 5.73 Å². The summed E-state index contributed by atoms with van der Waals surface area (Å²) in [5, 5.41) is 0. The highest BCUT2D eigenvalue weighted by atomic mass is 16.5. The zero-order valence-corrected chi connectivity index (χ0v) is 27.8. The van der Waals surface area contributed by atoms with E-state index in [-0.39, 0.29) is 18.1 Å². The Hall–Kier alpha value is -0.650. The number of likely N-dealkylation sites (tertiary alicyclic amines) is 1. The van der Waals surface area contributed by atoms with Crippen LogP contribution in [0.2, 0.25) is 0 Å². The molecule has 0 saturated carbocycles. The Morgan fingerprint density at radius 3 is 1.51 bits per heavy atom. The van der Waals surface area contributed by atoms with Gasteiger partial charge in [-0.3, -0.25) is 9.69 Å². The lowest BCUT2D eigenvalue weighted by atomic mass is 10.1. The second-order valence-electron chi connectivity index (χ2n) is 12.9. The van der Waals surface area contributed by atoms with Crippen LogP contribution in [0.5, 0.6) is 0 Å². The average molecular weight is 581 g/mol. The van der Waals surface area contributed by atoms with E-state index in [0.29, 0.717) is 6.61 Å². The fourth-order valence-electron chi connectivity index (χ4n) is 6.23. The van der Waals surface area contributed by atoms with Crippen molar-refractivity contribution in [2.45, 2.75) is 193 Å². The van der Waals surface area contributed by atoms with Crippen LogP contribution >= 0.6 is 0 Å². The Morgan fingerprint density at radius 2 is 1.07 bits per heavy atom. The number of nitrogens with zero attached hydrogens (tertiary/aromatic N) is 1. The number of ether oxygens (including phenoxy) is 2. The third-order valence-corrected chi connectivity index (χ3v) is 8.93. The van der Waals surface area contributed by atoms with Crippen molar-refractivity contribution >= 4 is 5.91 Å². The maximum Gasteiger partial charge on any atom is 0.234 e. The van der Waals surface area contributed by atoms with E-state index in [0.717, 1.165) is 52.0 Å². The molecule has 1 heterocycles. The summed E-state index contributed by atoms with van der Waals surface area (Å²) in [6.07, 6.45) is 34.5. The first kappa shape index (κ1) is 38.4. The minimum absolute atomic E-state index is 0.0278. The molecule has 1 aliphatic heterocycles. The minimum atomic E-state index is -0.195. The van der Waals surface area contributed by atoms with E-state index in [4.69, 9.17) is 15.2 Å². The van der Waals surface area contributed by atoms with Gasteiger partial charge in [0.2, 0.25) is 5.91 Å². The molecule has 1 unspecified atom stereocenters. The predicted octanol–water partition coefficient (Wildman–Crippen LogP) is 9.74. The van der Waals surface area contributed by atoms with Gasteiger partial charge in [0.1, 0.15) is 0 Å². The first-order valence-corrected chi connectivity index (χ1v) is 18.4. The van der Waals surface area contributed by atoms with E-state index in [1.807, 2.05) is 0 Å². The second kappa shape index (κ2) is 29.4. The van der Waals surface area contributed by atoms with Crippen molar-refractivity contribution in [3.63, 3.8) is 0 Å². The molecule has 0 spiro atoms. The molecule has 0 aromatic rings. The summed E-state index contributed by atoms with van der Waals surface area (Å²) in [5.74, 6) is -0.195. The number of primary amides is 1. The molecule has 1 fully saturated rings. The van der Waals surface area contributed by atoms with Gasteiger partial charge in [-0.05, 0) is 32.2 Å². The molecule has 1 aliphatic rings. The van der Waals surface area contributed by atoms with Crippen LogP contribution in [-0.2, 0) is 14.3 Å². The number of carbonyl (C=O) groups is 1. The standard InChI is InChI=1S/C36H72N2O3/c1-3-5-7-9-11-13-15-17-19-21-23-25-30-40-33-34(32-38-29-27-28-35(38)36(37)39)41-31-26-24-22-20-18-16-14-12-10-8-6-4-2/h34-35H,3-33H2,1-2H3,(H2,37,39)/t34?,35-/m1/s1. The van der Waals surface area contributed by atoms with Crippen LogP contribution in [0.25, 0.3) is 0 Å².